The molecule has 1 aliphatic heterocycles. The number of halogens is 2. The fraction of sp³-hybridized carbons (Fsp3) is 0.481. The smallest absolute Gasteiger partial charge is 0.338 e. The van der Waals surface area contributed by atoms with Gasteiger partial charge in [-0.1, -0.05) is 44.5 Å². The molecule has 9 heteroatoms. The van der Waals surface area contributed by atoms with Crippen LogP contribution >= 0.6 is 11.6 Å². The van der Waals surface area contributed by atoms with E-state index in [1.54, 1.807) is 24.3 Å². The van der Waals surface area contributed by atoms with Crippen LogP contribution in [0.15, 0.2) is 36.4 Å². The minimum absolute atomic E-state index is 0.0234. The van der Waals surface area contributed by atoms with E-state index in [1.165, 1.54) is 26.4 Å². The van der Waals surface area contributed by atoms with Gasteiger partial charge in [-0.25, -0.2) is 9.18 Å². The topological polar surface area (TPSA) is 85.9 Å². The zero-order valence-electron chi connectivity index (χ0n) is 21.3. The van der Waals surface area contributed by atoms with Crippen LogP contribution in [0.25, 0.3) is 0 Å². The monoisotopic (exact) mass is 520 g/mol. The molecule has 0 bridgehead atoms. The van der Waals surface area contributed by atoms with Crippen molar-refractivity contribution in [2.45, 2.75) is 51.6 Å². The van der Waals surface area contributed by atoms with Gasteiger partial charge in [0.05, 0.1) is 36.0 Å². The van der Waals surface area contributed by atoms with Crippen LogP contribution in [0.1, 0.15) is 55.5 Å². The first-order chi connectivity index (χ1) is 17.0. The van der Waals surface area contributed by atoms with Crippen LogP contribution in [0.4, 0.5) is 10.1 Å². The molecule has 7 nitrogen and oxygen atoms in total. The molecule has 196 valence electrons. The van der Waals surface area contributed by atoms with Crippen molar-refractivity contribution in [3.05, 3.63) is 58.4 Å². The Morgan fingerprint density at radius 1 is 1.17 bits per heavy atom. The van der Waals surface area contributed by atoms with Crippen molar-refractivity contribution >= 4 is 29.2 Å². The highest BCUT2D eigenvalue weighted by molar-refractivity contribution is 6.30. The Balaban J connectivity index is 1.83. The summed E-state index contributed by atoms with van der Waals surface area (Å²) in [7, 11) is 2.96. The number of hydrogen-bond donors (Lipinski definition) is 2. The molecule has 0 aliphatic carbocycles. The molecule has 2 aromatic rings. The van der Waals surface area contributed by atoms with E-state index in [2.05, 4.69) is 31.4 Å². The third-order valence-corrected chi connectivity index (χ3v) is 6.39. The molecule has 3 atom stereocenters. The Morgan fingerprint density at radius 2 is 1.92 bits per heavy atom. The van der Waals surface area contributed by atoms with Gasteiger partial charge in [0, 0.05) is 19.1 Å². The van der Waals surface area contributed by atoms with Crippen LogP contribution in [-0.4, -0.2) is 51.4 Å². The third kappa shape index (κ3) is 6.96. The summed E-state index contributed by atoms with van der Waals surface area (Å²) in [6.07, 6.45) is 1.41. The number of esters is 1. The SMILES string of the molecule is COCCOC(=O)c1ccc(NC(=O)[C@@H]2N[C@@H](CC(C)(C)C)CC2c2cccc(Cl)c2F)c(OC)c1. The van der Waals surface area contributed by atoms with Crippen LogP contribution in [-0.2, 0) is 14.3 Å². The molecule has 3 rings (SSSR count). The molecule has 1 unspecified atom stereocenters. The summed E-state index contributed by atoms with van der Waals surface area (Å²) < 4.78 is 30.4. The van der Waals surface area contributed by atoms with E-state index in [-0.39, 0.29) is 41.2 Å². The minimum atomic E-state index is -0.686. The summed E-state index contributed by atoms with van der Waals surface area (Å²) in [6, 6.07) is 8.84. The number of methoxy groups -OCH3 is 2. The first kappa shape index (κ1) is 27.9. The Hall–Kier alpha value is -2.68. The van der Waals surface area contributed by atoms with Crippen molar-refractivity contribution in [3.63, 3.8) is 0 Å². The first-order valence-corrected chi connectivity index (χ1v) is 12.3. The normalized spacial score (nSPS) is 19.7. The Morgan fingerprint density at radius 3 is 2.58 bits per heavy atom. The summed E-state index contributed by atoms with van der Waals surface area (Å²) in [6.45, 7) is 6.80. The van der Waals surface area contributed by atoms with Gasteiger partial charge in [-0.3, -0.25) is 4.79 Å². The number of ether oxygens (including phenoxy) is 3. The highest BCUT2D eigenvalue weighted by atomic mass is 35.5. The molecule has 0 aromatic heterocycles. The van der Waals surface area contributed by atoms with Crippen LogP contribution < -0.4 is 15.4 Å². The number of carbonyl (C=O) groups excluding carboxylic acids is 2. The molecular weight excluding hydrogens is 487 g/mol. The molecule has 1 aliphatic rings. The molecule has 1 saturated heterocycles. The molecule has 0 spiro atoms. The summed E-state index contributed by atoms with van der Waals surface area (Å²) in [5.41, 5.74) is 1.11. The van der Waals surface area contributed by atoms with E-state index >= 15 is 0 Å². The predicted octanol–water partition coefficient (Wildman–Crippen LogP) is 5.18. The van der Waals surface area contributed by atoms with Crippen molar-refractivity contribution in [2.24, 2.45) is 5.41 Å². The van der Waals surface area contributed by atoms with Crippen LogP contribution in [0.3, 0.4) is 0 Å². The number of carbonyl (C=O) groups is 2. The van der Waals surface area contributed by atoms with Crippen molar-refractivity contribution < 1.29 is 28.2 Å². The molecule has 0 saturated carbocycles. The zero-order valence-corrected chi connectivity index (χ0v) is 22.1. The largest absolute Gasteiger partial charge is 0.495 e. The van der Waals surface area contributed by atoms with Gasteiger partial charge in [0.15, 0.2) is 0 Å². The van der Waals surface area contributed by atoms with Crippen molar-refractivity contribution in [3.8, 4) is 5.75 Å². The maximum absolute atomic E-state index is 15.0. The lowest BCUT2D eigenvalue weighted by molar-refractivity contribution is -0.118. The van der Waals surface area contributed by atoms with Gasteiger partial charge < -0.3 is 24.8 Å². The third-order valence-electron chi connectivity index (χ3n) is 6.09. The standard InChI is InChI=1S/C27H34ClFN2O5/c1-27(2,3)15-17-14-19(18-7-6-8-20(28)23(18)29)24(30-17)25(32)31-21-10-9-16(13-22(21)35-5)26(33)36-12-11-34-4/h6-10,13,17,19,24,30H,11-12,14-15H2,1-5H3,(H,31,32)/t17-,19?,24-/m1/s1. The second-order valence-corrected chi connectivity index (χ2v) is 10.5. The number of amides is 1. The fourth-order valence-electron chi connectivity index (χ4n) is 4.57. The second kappa shape index (κ2) is 12.0. The maximum Gasteiger partial charge on any atom is 0.338 e. The number of nitrogens with one attached hydrogen (secondary N) is 2. The van der Waals surface area contributed by atoms with Gasteiger partial charge in [-0.15, -0.1) is 0 Å². The lowest BCUT2D eigenvalue weighted by atomic mass is 9.84. The van der Waals surface area contributed by atoms with E-state index in [0.29, 0.717) is 23.4 Å². The number of benzene rings is 2. The van der Waals surface area contributed by atoms with Gasteiger partial charge in [0.25, 0.3) is 0 Å². The zero-order chi connectivity index (χ0) is 26.5. The number of anilines is 1. The van der Waals surface area contributed by atoms with Gasteiger partial charge in [0.2, 0.25) is 5.91 Å². The van der Waals surface area contributed by atoms with Crippen LogP contribution in [0.2, 0.25) is 5.02 Å². The Kier molecular flexibility index (Phi) is 9.33. The molecule has 1 heterocycles. The molecule has 36 heavy (non-hydrogen) atoms. The lowest BCUT2D eigenvalue weighted by Gasteiger charge is -2.23. The van der Waals surface area contributed by atoms with E-state index in [4.69, 9.17) is 25.8 Å². The first-order valence-electron chi connectivity index (χ1n) is 11.9. The Labute approximate surface area is 216 Å². The average molecular weight is 521 g/mol. The molecular formula is C27H34ClFN2O5. The van der Waals surface area contributed by atoms with Gasteiger partial charge in [-0.2, -0.15) is 0 Å². The van der Waals surface area contributed by atoms with Crippen molar-refractivity contribution in [2.75, 3.05) is 32.8 Å². The molecule has 2 N–H and O–H groups in total. The van der Waals surface area contributed by atoms with Crippen molar-refractivity contribution in [1.29, 1.82) is 0 Å². The lowest BCUT2D eigenvalue weighted by Crippen LogP contribution is -2.42. The molecule has 1 amide bonds. The highest BCUT2D eigenvalue weighted by Gasteiger charge is 2.41. The molecule has 2 aromatic carbocycles. The minimum Gasteiger partial charge on any atom is -0.495 e. The van der Waals surface area contributed by atoms with Gasteiger partial charge in [0.1, 0.15) is 18.2 Å². The average Bonchev–Trinajstić information content (AvgIpc) is 3.23. The number of hydrogen-bond acceptors (Lipinski definition) is 6. The molecule has 0 radical (unpaired) electrons. The van der Waals surface area contributed by atoms with Gasteiger partial charge >= 0.3 is 5.97 Å². The summed E-state index contributed by atoms with van der Waals surface area (Å²) in [5, 5.41) is 6.32. The van der Waals surface area contributed by atoms with Crippen LogP contribution in [0, 0.1) is 11.2 Å². The summed E-state index contributed by atoms with van der Waals surface area (Å²) in [4.78, 5) is 25.7. The van der Waals surface area contributed by atoms with E-state index in [9.17, 15) is 14.0 Å². The van der Waals surface area contributed by atoms with E-state index in [1.807, 2.05) is 0 Å². The predicted molar refractivity (Wildman–Crippen MR) is 137 cm³/mol. The molecule has 1 fully saturated rings. The summed E-state index contributed by atoms with van der Waals surface area (Å²) >= 11 is 6.05. The maximum atomic E-state index is 15.0. The Bertz CT molecular complexity index is 1090. The van der Waals surface area contributed by atoms with Crippen molar-refractivity contribution in [1.82, 2.24) is 5.32 Å². The quantitative estimate of drug-likeness (QED) is 0.350. The number of rotatable bonds is 9. The van der Waals surface area contributed by atoms with Gasteiger partial charge in [-0.05, 0) is 48.1 Å². The highest BCUT2D eigenvalue weighted by Crippen LogP contribution is 2.38. The van der Waals surface area contributed by atoms with E-state index in [0.717, 1.165) is 6.42 Å². The van der Waals surface area contributed by atoms with E-state index < -0.39 is 23.7 Å². The van der Waals surface area contributed by atoms with Crippen LogP contribution in [0.5, 0.6) is 5.75 Å². The summed E-state index contributed by atoms with van der Waals surface area (Å²) in [5.74, 6) is -1.46. The fourth-order valence-corrected chi connectivity index (χ4v) is 4.75. The second-order valence-electron chi connectivity index (χ2n) is 10.1.